The van der Waals surface area contributed by atoms with Gasteiger partial charge in [-0.25, -0.2) is 0 Å². The van der Waals surface area contributed by atoms with Crippen LogP contribution in [-0.4, -0.2) is 13.2 Å². The molecule has 1 aliphatic rings. The topological polar surface area (TPSA) is 9.23 Å². The standard InChI is InChI=1S/C7H14O.CH4/c1-2-7-3-5-8-6-4-7;/h7H,2-6H2,1H3;1H4. The van der Waals surface area contributed by atoms with E-state index in [9.17, 15) is 0 Å². The van der Waals surface area contributed by atoms with Gasteiger partial charge in [0.15, 0.2) is 0 Å². The molecule has 56 valence electrons. The molecule has 0 saturated carbocycles. The van der Waals surface area contributed by atoms with E-state index in [0.29, 0.717) is 0 Å². The molecule has 1 nitrogen and oxygen atoms in total. The molecule has 0 N–H and O–H groups in total. The minimum absolute atomic E-state index is 0. The van der Waals surface area contributed by atoms with Gasteiger partial charge < -0.3 is 4.74 Å². The predicted octanol–water partition coefficient (Wildman–Crippen LogP) is 2.46. The molecule has 1 fully saturated rings. The highest BCUT2D eigenvalue weighted by Crippen LogP contribution is 2.16. The molecule has 0 aromatic rings. The first-order valence-corrected chi connectivity index (χ1v) is 3.51. The van der Waals surface area contributed by atoms with Gasteiger partial charge >= 0.3 is 0 Å². The molecule has 9 heavy (non-hydrogen) atoms. The van der Waals surface area contributed by atoms with Crippen molar-refractivity contribution in [1.29, 1.82) is 0 Å². The van der Waals surface area contributed by atoms with Gasteiger partial charge in [0.05, 0.1) is 0 Å². The summed E-state index contributed by atoms with van der Waals surface area (Å²) in [4.78, 5) is 0. The molecule has 1 heteroatoms. The first-order valence-electron chi connectivity index (χ1n) is 3.51. The van der Waals surface area contributed by atoms with Crippen molar-refractivity contribution in [2.75, 3.05) is 13.2 Å². The van der Waals surface area contributed by atoms with Gasteiger partial charge in [-0.1, -0.05) is 20.8 Å². The van der Waals surface area contributed by atoms with Gasteiger partial charge in [-0.3, -0.25) is 0 Å². The van der Waals surface area contributed by atoms with Crippen LogP contribution in [0.4, 0.5) is 0 Å². The maximum absolute atomic E-state index is 5.20. The smallest absolute Gasteiger partial charge is 0.0468 e. The Morgan fingerprint density at radius 3 is 2.22 bits per heavy atom. The SMILES string of the molecule is C.CCC1CCOCC1. The molecular formula is C8H18O. The average Bonchev–Trinajstić information content (AvgIpc) is 1.90. The molecule has 0 unspecified atom stereocenters. The van der Waals surface area contributed by atoms with Crippen LogP contribution in [0.25, 0.3) is 0 Å². The highest BCUT2D eigenvalue weighted by Gasteiger charge is 2.09. The maximum Gasteiger partial charge on any atom is 0.0468 e. The Bertz CT molecular complexity index is 55.6. The zero-order chi connectivity index (χ0) is 5.82. The predicted molar refractivity (Wildman–Crippen MR) is 40.6 cm³/mol. The highest BCUT2D eigenvalue weighted by atomic mass is 16.5. The summed E-state index contributed by atoms with van der Waals surface area (Å²) in [5.41, 5.74) is 0. The average molecular weight is 130 g/mol. The van der Waals surface area contributed by atoms with E-state index < -0.39 is 0 Å². The Morgan fingerprint density at radius 2 is 1.89 bits per heavy atom. The van der Waals surface area contributed by atoms with Crippen LogP contribution in [0.5, 0.6) is 0 Å². The minimum Gasteiger partial charge on any atom is -0.381 e. The Labute approximate surface area is 58.4 Å². The molecule has 1 aliphatic heterocycles. The van der Waals surface area contributed by atoms with Crippen LogP contribution in [0.1, 0.15) is 33.6 Å². The molecule has 0 aromatic carbocycles. The lowest BCUT2D eigenvalue weighted by atomic mass is 9.98. The van der Waals surface area contributed by atoms with E-state index in [4.69, 9.17) is 4.74 Å². The molecule has 0 bridgehead atoms. The first kappa shape index (κ1) is 8.96. The number of hydrogen-bond acceptors (Lipinski definition) is 1. The van der Waals surface area contributed by atoms with Gasteiger partial charge in [0.2, 0.25) is 0 Å². The van der Waals surface area contributed by atoms with Crippen LogP contribution in [0, 0.1) is 5.92 Å². The summed E-state index contributed by atoms with van der Waals surface area (Å²) < 4.78 is 5.20. The van der Waals surface area contributed by atoms with Gasteiger partial charge in [0.1, 0.15) is 0 Å². The normalized spacial score (nSPS) is 21.0. The molecule has 0 atom stereocenters. The van der Waals surface area contributed by atoms with Crippen LogP contribution < -0.4 is 0 Å². The highest BCUT2D eigenvalue weighted by molar-refractivity contribution is 4.60. The number of ether oxygens (including phenoxy) is 1. The van der Waals surface area contributed by atoms with Gasteiger partial charge in [0, 0.05) is 13.2 Å². The lowest BCUT2D eigenvalue weighted by molar-refractivity contribution is 0.0654. The van der Waals surface area contributed by atoms with Crippen LogP contribution in [0.3, 0.4) is 0 Å². The largest absolute Gasteiger partial charge is 0.381 e. The van der Waals surface area contributed by atoms with Crippen molar-refractivity contribution in [2.45, 2.75) is 33.6 Å². The van der Waals surface area contributed by atoms with Crippen molar-refractivity contribution < 1.29 is 4.74 Å². The van der Waals surface area contributed by atoms with E-state index in [1.165, 1.54) is 19.3 Å². The summed E-state index contributed by atoms with van der Waals surface area (Å²) in [7, 11) is 0. The van der Waals surface area contributed by atoms with Crippen LogP contribution in [-0.2, 0) is 4.74 Å². The lowest BCUT2D eigenvalue weighted by Crippen LogP contribution is -2.14. The Morgan fingerprint density at radius 1 is 1.33 bits per heavy atom. The van der Waals surface area contributed by atoms with Gasteiger partial charge in [0.25, 0.3) is 0 Å². The van der Waals surface area contributed by atoms with Crippen LogP contribution >= 0.6 is 0 Å². The first-order chi connectivity index (χ1) is 3.93. The van der Waals surface area contributed by atoms with Crippen molar-refractivity contribution >= 4 is 0 Å². The van der Waals surface area contributed by atoms with E-state index >= 15 is 0 Å². The summed E-state index contributed by atoms with van der Waals surface area (Å²) in [5.74, 6) is 0.962. The van der Waals surface area contributed by atoms with Crippen molar-refractivity contribution in [3.05, 3.63) is 0 Å². The summed E-state index contributed by atoms with van der Waals surface area (Å²) in [6.45, 7) is 4.26. The van der Waals surface area contributed by atoms with Crippen molar-refractivity contribution in [3.63, 3.8) is 0 Å². The van der Waals surface area contributed by atoms with Gasteiger partial charge in [-0.2, -0.15) is 0 Å². The minimum atomic E-state index is 0. The molecular weight excluding hydrogens is 112 g/mol. The van der Waals surface area contributed by atoms with E-state index in [1.54, 1.807) is 0 Å². The Kier molecular flexibility index (Phi) is 4.78. The maximum atomic E-state index is 5.20. The summed E-state index contributed by atoms with van der Waals surface area (Å²) in [6, 6.07) is 0. The third kappa shape index (κ3) is 2.85. The van der Waals surface area contributed by atoms with E-state index in [-0.39, 0.29) is 7.43 Å². The van der Waals surface area contributed by atoms with Crippen molar-refractivity contribution in [1.82, 2.24) is 0 Å². The molecule has 1 saturated heterocycles. The van der Waals surface area contributed by atoms with Crippen LogP contribution in [0.15, 0.2) is 0 Å². The summed E-state index contributed by atoms with van der Waals surface area (Å²) in [5, 5.41) is 0. The fourth-order valence-electron chi connectivity index (χ4n) is 1.15. The third-order valence-corrected chi connectivity index (χ3v) is 1.92. The fraction of sp³-hybridized carbons (Fsp3) is 1.00. The number of rotatable bonds is 1. The second-order valence-electron chi connectivity index (χ2n) is 2.46. The Balaban J connectivity index is 0.000000640. The molecule has 1 heterocycles. The summed E-state index contributed by atoms with van der Waals surface area (Å²) in [6.07, 6.45) is 3.91. The molecule has 0 spiro atoms. The zero-order valence-corrected chi connectivity index (χ0v) is 5.52. The van der Waals surface area contributed by atoms with Crippen molar-refractivity contribution in [3.8, 4) is 0 Å². The molecule has 0 amide bonds. The zero-order valence-electron chi connectivity index (χ0n) is 5.52. The van der Waals surface area contributed by atoms with E-state index in [2.05, 4.69) is 6.92 Å². The monoisotopic (exact) mass is 130 g/mol. The van der Waals surface area contributed by atoms with Gasteiger partial charge in [-0.15, -0.1) is 0 Å². The Hall–Kier alpha value is -0.0400. The molecule has 0 aromatic heterocycles. The van der Waals surface area contributed by atoms with Crippen LogP contribution in [0.2, 0.25) is 0 Å². The van der Waals surface area contributed by atoms with E-state index in [1.807, 2.05) is 0 Å². The van der Waals surface area contributed by atoms with E-state index in [0.717, 1.165) is 19.1 Å². The van der Waals surface area contributed by atoms with Crippen molar-refractivity contribution in [2.24, 2.45) is 5.92 Å². The molecule has 0 aliphatic carbocycles. The molecule has 0 radical (unpaired) electrons. The second kappa shape index (κ2) is 4.80. The quantitative estimate of drug-likeness (QED) is 0.530. The van der Waals surface area contributed by atoms with Gasteiger partial charge in [-0.05, 0) is 18.8 Å². The number of hydrogen-bond donors (Lipinski definition) is 0. The second-order valence-corrected chi connectivity index (χ2v) is 2.46. The summed E-state index contributed by atoms with van der Waals surface area (Å²) >= 11 is 0. The third-order valence-electron chi connectivity index (χ3n) is 1.92. The molecule has 1 rings (SSSR count). The lowest BCUT2D eigenvalue weighted by Gasteiger charge is -2.19. The fourth-order valence-corrected chi connectivity index (χ4v) is 1.15.